The van der Waals surface area contributed by atoms with E-state index in [4.69, 9.17) is 9.47 Å². The minimum absolute atomic E-state index is 0.283. The predicted molar refractivity (Wildman–Crippen MR) is 153 cm³/mol. The first-order valence-electron chi connectivity index (χ1n) is 13.0. The van der Waals surface area contributed by atoms with E-state index in [2.05, 4.69) is 25.7 Å². The number of pyridine rings is 1. The van der Waals surface area contributed by atoms with Gasteiger partial charge in [0.1, 0.15) is 28.6 Å². The lowest BCUT2D eigenvalue weighted by atomic mass is 10.2. The molecule has 1 fully saturated rings. The van der Waals surface area contributed by atoms with E-state index in [9.17, 15) is 19.2 Å². The van der Waals surface area contributed by atoms with E-state index in [1.165, 1.54) is 28.1 Å². The van der Waals surface area contributed by atoms with Crippen LogP contribution in [-0.4, -0.2) is 86.5 Å². The molecule has 220 valence electrons. The third-order valence-corrected chi connectivity index (χ3v) is 6.51. The Bertz CT molecular complexity index is 1500. The highest BCUT2D eigenvalue weighted by Crippen LogP contribution is 2.27. The van der Waals surface area contributed by atoms with E-state index in [-0.39, 0.29) is 18.2 Å². The molecule has 41 heavy (non-hydrogen) atoms. The first-order valence-corrected chi connectivity index (χ1v) is 13.8. The molecule has 0 bridgehead atoms. The van der Waals surface area contributed by atoms with Gasteiger partial charge in [-0.1, -0.05) is 11.3 Å². The molecule has 3 aromatic rings. The van der Waals surface area contributed by atoms with Crippen molar-refractivity contribution in [2.45, 2.75) is 52.7 Å². The number of fused-ring (bicyclic) bond motifs is 1. The lowest BCUT2D eigenvalue weighted by Gasteiger charge is -2.36. The molecule has 0 spiro atoms. The van der Waals surface area contributed by atoms with Crippen LogP contribution in [0.5, 0.6) is 0 Å². The minimum atomic E-state index is -0.698. The first-order chi connectivity index (χ1) is 19.2. The van der Waals surface area contributed by atoms with Crippen molar-refractivity contribution in [1.29, 1.82) is 0 Å². The lowest BCUT2D eigenvalue weighted by molar-refractivity contribution is -0.115. The van der Waals surface area contributed by atoms with Crippen LogP contribution in [0.2, 0.25) is 0 Å². The van der Waals surface area contributed by atoms with E-state index in [0.29, 0.717) is 53.2 Å². The van der Waals surface area contributed by atoms with Gasteiger partial charge in [-0.05, 0) is 47.6 Å². The number of carbonyl (C=O) groups excluding carboxylic acids is 3. The molecule has 4 rings (SSSR count). The molecule has 0 aromatic carbocycles. The fourth-order valence-electron chi connectivity index (χ4n) is 3.82. The van der Waals surface area contributed by atoms with Gasteiger partial charge in [0.15, 0.2) is 0 Å². The second kappa shape index (κ2) is 11.7. The SMILES string of the molecule is CC(C)(C)OC(=O)NCC(=O)Nc1cncc(-c2nn3c(=O)cc(N4CCN(C(=O)OC(C)(C)C)CC4)nc3s2)c1. The molecule has 0 atom stereocenters. The number of hydrogen-bond donors (Lipinski definition) is 2. The van der Waals surface area contributed by atoms with Crippen LogP contribution in [0.1, 0.15) is 41.5 Å². The van der Waals surface area contributed by atoms with Crippen molar-refractivity contribution in [1.82, 2.24) is 29.8 Å². The molecule has 1 aliphatic rings. The van der Waals surface area contributed by atoms with Gasteiger partial charge < -0.3 is 29.9 Å². The van der Waals surface area contributed by atoms with Gasteiger partial charge in [-0.15, -0.1) is 0 Å². The van der Waals surface area contributed by atoms with E-state index < -0.39 is 23.2 Å². The summed E-state index contributed by atoms with van der Waals surface area (Å²) in [5, 5.41) is 9.95. The summed E-state index contributed by atoms with van der Waals surface area (Å²) in [4.78, 5) is 62.1. The van der Waals surface area contributed by atoms with Gasteiger partial charge in [0.05, 0.1) is 11.9 Å². The zero-order chi connectivity index (χ0) is 29.9. The maximum atomic E-state index is 12.9. The van der Waals surface area contributed by atoms with Gasteiger partial charge in [0, 0.05) is 44.0 Å². The Morgan fingerprint density at radius 1 is 0.976 bits per heavy atom. The Hall–Kier alpha value is -4.27. The van der Waals surface area contributed by atoms with Crippen LogP contribution in [0, 0.1) is 0 Å². The molecule has 0 unspecified atom stereocenters. The Morgan fingerprint density at radius 3 is 2.32 bits per heavy atom. The molecule has 3 amide bonds. The number of rotatable bonds is 5. The van der Waals surface area contributed by atoms with Crippen molar-refractivity contribution in [3.05, 3.63) is 34.9 Å². The number of alkyl carbamates (subject to hydrolysis) is 1. The lowest BCUT2D eigenvalue weighted by Crippen LogP contribution is -2.50. The monoisotopic (exact) mass is 586 g/mol. The second-order valence-electron chi connectivity index (χ2n) is 11.4. The summed E-state index contributed by atoms with van der Waals surface area (Å²) in [7, 11) is 0. The number of aromatic nitrogens is 4. The number of carbonyl (C=O) groups is 3. The quantitative estimate of drug-likeness (QED) is 0.455. The molecular formula is C26H34N8O6S. The standard InChI is InChI=1S/C26H34N8O6S/c1-25(2,3)39-23(37)28-15-19(35)29-17-11-16(13-27-14-17)21-31-34-20(36)12-18(30-22(34)41-21)32-7-9-33(10-8-32)24(38)40-26(4,5)6/h11-14H,7-10,15H2,1-6H3,(H,28,37)(H,29,35). The number of nitrogens with one attached hydrogen (secondary N) is 2. The average molecular weight is 587 g/mol. The summed E-state index contributed by atoms with van der Waals surface area (Å²) in [6, 6.07) is 3.09. The molecule has 3 aromatic heterocycles. The molecule has 0 aliphatic carbocycles. The molecule has 2 N–H and O–H groups in total. The van der Waals surface area contributed by atoms with Gasteiger partial charge in [0.2, 0.25) is 10.9 Å². The highest BCUT2D eigenvalue weighted by atomic mass is 32.1. The number of nitrogens with zero attached hydrogens (tertiary/aromatic N) is 6. The van der Waals surface area contributed by atoms with Crippen LogP contribution < -0.4 is 21.1 Å². The molecule has 0 radical (unpaired) electrons. The second-order valence-corrected chi connectivity index (χ2v) is 12.3. The maximum Gasteiger partial charge on any atom is 0.410 e. The Balaban J connectivity index is 1.42. The summed E-state index contributed by atoms with van der Waals surface area (Å²) in [6.07, 6.45) is 1.96. The molecule has 1 aliphatic heterocycles. The van der Waals surface area contributed by atoms with Crippen LogP contribution >= 0.6 is 11.3 Å². The third-order valence-electron chi connectivity index (χ3n) is 5.55. The van der Waals surface area contributed by atoms with Crippen molar-refractivity contribution >= 4 is 45.9 Å². The van der Waals surface area contributed by atoms with Crippen molar-refractivity contribution < 1.29 is 23.9 Å². The highest BCUT2D eigenvalue weighted by molar-refractivity contribution is 7.19. The van der Waals surface area contributed by atoms with Crippen molar-refractivity contribution in [3.8, 4) is 10.6 Å². The van der Waals surface area contributed by atoms with Gasteiger partial charge in [0.25, 0.3) is 5.56 Å². The van der Waals surface area contributed by atoms with E-state index >= 15 is 0 Å². The third kappa shape index (κ3) is 8.13. The molecule has 0 saturated carbocycles. The summed E-state index contributed by atoms with van der Waals surface area (Å²) in [6.45, 7) is 12.3. The average Bonchev–Trinajstić information content (AvgIpc) is 3.31. The Morgan fingerprint density at radius 2 is 1.66 bits per heavy atom. The largest absolute Gasteiger partial charge is 0.444 e. The topological polar surface area (TPSA) is 160 Å². The molecule has 14 nitrogen and oxygen atoms in total. The minimum Gasteiger partial charge on any atom is -0.444 e. The fraction of sp³-hybridized carbons (Fsp3) is 0.500. The smallest absolute Gasteiger partial charge is 0.410 e. The van der Waals surface area contributed by atoms with Gasteiger partial charge >= 0.3 is 12.2 Å². The number of amides is 3. The maximum absolute atomic E-state index is 12.9. The van der Waals surface area contributed by atoms with E-state index in [1.807, 2.05) is 25.7 Å². The van der Waals surface area contributed by atoms with Crippen LogP contribution in [0.25, 0.3) is 15.5 Å². The molecular weight excluding hydrogens is 552 g/mol. The first kappa shape index (κ1) is 29.7. The molecule has 4 heterocycles. The summed E-state index contributed by atoms with van der Waals surface area (Å²) in [5.41, 5.74) is -0.622. The van der Waals surface area contributed by atoms with Crippen LogP contribution in [0.4, 0.5) is 21.1 Å². The normalized spacial score (nSPS) is 14.1. The zero-order valence-electron chi connectivity index (χ0n) is 23.9. The van der Waals surface area contributed by atoms with Gasteiger partial charge in [-0.2, -0.15) is 9.61 Å². The summed E-state index contributed by atoms with van der Waals surface area (Å²) >= 11 is 1.20. The Kier molecular flexibility index (Phi) is 8.47. The molecule has 15 heteroatoms. The number of hydrogen-bond acceptors (Lipinski definition) is 11. The van der Waals surface area contributed by atoms with E-state index in [0.717, 1.165) is 0 Å². The molecule has 1 saturated heterocycles. The summed E-state index contributed by atoms with van der Waals surface area (Å²) in [5.74, 6) is 0.0408. The fourth-order valence-corrected chi connectivity index (χ4v) is 4.70. The number of anilines is 2. The number of ether oxygens (including phenoxy) is 2. The summed E-state index contributed by atoms with van der Waals surface area (Å²) < 4.78 is 11.8. The van der Waals surface area contributed by atoms with Crippen molar-refractivity contribution in [2.75, 3.05) is 42.9 Å². The zero-order valence-corrected chi connectivity index (χ0v) is 24.7. The van der Waals surface area contributed by atoms with Gasteiger partial charge in [-0.25, -0.2) is 14.6 Å². The number of piperazine rings is 1. The van der Waals surface area contributed by atoms with Crippen LogP contribution in [0.3, 0.4) is 0 Å². The van der Waals surface area contributed by atoms with E-state index in [1.54, 1.807) is 37.9 Å². The highest BCUT2D eigenvalue weighted by Gasteiger charge is 2.27. The Labute approximate surface area is 240 Å². The van der Waals surface area contributed by atoms with Crippen molar-refractivity contribution in [2.24, 2.45) is 0 Å². The van der Waals surface area contributed by atoms with Crippen molar-refractivity contribution in [3.63, 3.8) is 0 Å². The van der Waals surface area contributed by atoms with Gasteiger partial charge in [-0.3, -0.25) is 14.6 Å². The van der Waals surface area contributed by atoms with Crippen LogP contribution in [-0.2, 0) is 14.3 Å². The predicted octanol–water partition coefficient (Wildman–Crippen LogP) is 2.73. The van der Waals surface area contributed by atoms with Crippen LogP contribution in [0.15, 0.2) is 29.3 Å².